The predicted molar refractivity (Wildman–Crippen MR) is 93.7 cm³/mol. The molecule has 108 valence electrons. The molecular formula is C20H18N2. The lowest BCUT2D eigenvalue weighted by Gasteiger charge is -2.32. The van der Waals surface area contributed by atoms with Gasteiger partial charge < -0.3 is 10.2 Å². The van der Waals surface area contributed by atoms with Gasteiger partial charge in [-0.1, -0.05) is 42.5 Å². The minimum Gasteiger partial charge on any atom is -0.356 e. The van der Waals surface area contributed by atoms with Crippen molar-refractivity contribution >= 4 is 17.5 Å². The van der Waals surface area contributed by atoms with Crippen LogP contribution < -0.4 is 10.2 Å². The highest BCUT2D eigenvalue weighted by molar-refractivity contribution is 5.80. The van der Waals surface area contributed by atoms with Gasteiger partial charge in [-0.25, -0.2) is 0 Å². The number of rotatable bonds is 2. The van der Waals surface area contributed by atoms with Crippen LogP contribution in [0.2, 0.25) is 0 Å². The van der Waals surface area contributed by atoms with Gasteiger partial charge in [0, 0.05) is 29.8 Å². The topological polar surface area (TPSA) is 15.3 Å². The lowest BCUT2D eigenvalue weighted by molar-refractivity contribution is 1.03. The number of anilines is 2. The van der Waals surface area contributed by atoms with Gasteiger partial charge >= 0.3 is 0 Å². The van der Waals surface area contributed by atoms with Gasteiger partial charge in [-0.3, -0.25) is 0 Å². The molecule has 2 aliphatic rings. The fourth-order valence-electron chi connectivity index (χ4n) is 3.08. The SMILES string of the molecule is CN1C2=CC(Nc3ccccc3)=CCC2=Cc2ccccc21. The van der Waals surface area contributed by atoms with Crippen LogP contribution in [0.5, 0.6) is 0 Å². The van der Waals surface area contributed by atoms with Crippen molar-refractivity contribution in [2.75, 3.05) is 17.3 Å². The molecule has 0 aromatic heterocycles. The Morgan fingerprint density at radius 3 is 2.55 bits per heavy atom. The molecule has 1 aliphatic carbocycles. The van der Waals surface area contributed by atoms with E-state index in [1.165, 1.54) is 22.5 Å². The lowest BCUT2D eigenvalue weighted by Crippen LogP contribution is -2.24. The summed E-state index contributed by atoms with van der Waals surface area (Å²) in [5, 5.41) is 3.49. The molecule has 1 N–H and O–H groups in total. The number of nitrogens with one attached hydrogen (secondary N) is 1. The molecule has 0 radical (unpaired) electrons. The van der Waals surface area contributed by atoms with Crippen LogP contribution in [0, 0.1) is 0 Å². The zero-order valence-electron chi connectivity index (χ0n) is 12.6. The van der Waals surface area contributed by atoms with Crippen molar-refractivity contribution in [3.05, 3.63) is 89.3 Å². The molecule has 2 nitrogen and oxygen atoms in total. The molecule has 0 atom stereocenters. The Morgan fingerprint density at radius 1 is 0.909 bits per heavy atom. The first kappa shape index (κ1) is 13.0. The van der Waals surface area contributed by atoms with Crippen LogP contribution in [0.15, 0.2) is 83.7 Å². The van der Waals surface area contributed by atoms with E-state index in [1.54, 1.807) is 0 Å². The van der Waals surface area contributed by atoms with Crippen molar-refractivity contribution in [1.82, 2.24) is 0 Å². The monoisotopic (exact) mass is 286 g/mol. The van der Waals surface area contributed by atoms with Gasteiger partial charge in [-0.05, 0) is 47.9 Å². The number of allylic oxidation sites excluding steroid dienone is 3. The smallest absolute Gasteiger partial charge is 0.0481 e. The average Bonchev–Trinajstić information content (AvgIpc) is 2.57. The van der Waals surface area contributed by atoms with E-state index in [1.807, 2.05) is 18.2 Å². The number of likely N-dealkylation sites (N-methyl/N-ethyl adjacent to an activating group) is 1. The second-order valence-electron chi connectivity index (χ2n) is 5.67. The summed E-state index contributed by atoms with van der Waals surface area (Å²) < 4.78 is 0. The Hall–Kier alpha value is -2.74. The fourth-order valence-corrected chi connectivity index (χ4v) is 3.08. The molecule has 2 aromatic carbocycles. The number of hydrogen-bond donors (Lipinski definition) is 1. The van der Waals surface area contributed by atoms with E-state index in [9.17, 15) is 0 Å². The van der Waals surface area contributed by atoms with Crippen LogP contribution in [0.4, 0.5) is 11.4 Å². The Balaban J connectivity index is 1.67. The summed E-state index contributed by atoms with van der Waals surface area (Å²) in [6, 6.07) is 18.8. The van der Waals surface area contributed by atoms with Gasteiger partial charge in [0.2, 0.25) is 0 Å². The molecule has 0 fully saturated rings. The second-order valence-corrected chi connectivity index (χ2v) is 5.67. The molecule has 2 aromatic rings. The molecule has 0 amide bonds. The van der Waals surface area contributed by atoms with Crippen LogP contribution in [-0.2, 0) is 0 Å². The van der Waals surface area contributed by atoms with Gasteiger partial charge in [-0.2, -0.15) is 0 Å². The highest BCUT2D eigenvalue weighted by Crippen LogP contribution is 2.37. The minimum absolute atomic E-state index is 0.958. The summed E-state index contributed by atoms with van der Waals surface area (Å²) in [6.45, 7) is 0. The molecule has 1 heterocycles. The standard InChI is InChI=1S/C20H18N2/c1-22-19-10-6-5-7-15(19)13-16-11-12-18(14-20(16)22)21-17-8-3-2-4-9-17/h2-10,12-14,21H,11H2,1H3. The van der Waals surface area contributed by atoms with Crippen LogP contribution in [0.25, 0.3) is 6.08 Å². The zero-order chi connectivity index (χ0) is 14.9. The average molecular weight is 286 g/mol. The molecule has 4 rings (SSSR count). The van der Waals surface area contributed by atoms with E-state index in [2.05, 4.69) is 71.9 Å². The Bertz CT molecular complexity index is 797. The van der Waals surface area contributed by atoms with Crippen molar-refractivity contribution in [3.8, 4) is 0 Å². The van der Waals surface area contributed by atoms with Crippen LogP contribution in [0.1, 0.15) is 12.0 Å². The summed E-state index contributed by atoms with van der Waals surface area (Å²) >= 11 is 0. The van der Waals surface area contributed by atoms with Crippen LogP contribution >= 0.6 is 0 Å². The molecule has 1 aliphatic heterocycles. The van der Waals surface area contributed by atoms with E-state index in [0.29, 0.717) is 0 Å². The minimum atomic E-state index is 0.958. The van der Waals surface area contributed by atoms with Crippen molar-refractivity contribution < 1.29 is 0 Å². The van der Waals surface area contributed by atoms with E-state index in [-0.39, 0.29) is 0 Å². The third-order valence-corrected chi connectivity index (χ3v) is 4.21. The Kier molecular flexibility index (Phi) is 3.08. The number of fused-ring (bicyclic) bond motifs is 2. The van der Waals surface area contributed by atoms with Crippen molar-refractivity contribution in [2.24, 2.45) is 0 Å². The summed E-state index contributed by atoms with van der Waals surface area (Å²) in [6.07, 6.45) is 7.75. The maximum absolute atomic E-state index is 3.49. The van der Waals surface area contributed by atoms with E-state index in [0.717, 1.165) is 17.8 Å². The van der Waals surface area contributed by atoms with Gasteiger partial charge in [0.1, 0.15) is 0 Å². The van der Waals surface area contributed by atoms with Crippen molar-refractivity contribution in [3.63, 3.8) is 0 Å². The van der Waals surface area contributed by atoms with Crippen molar-refractivity contribution in [2.45, 2.75) is 6.42 Å². The number of benzene rings is 2. The summed E-state index contributed by atoms with van der Waals surface area (Å²) in [4.78, 5) is 2.28. The first-order chi connectivity index (χ1) is 10.8. The predicted octanol–water partition coefficient (Wildman–Crippen LogP) is 4.80. The molecule has 0 saturated carbocycles. The van der Waals surface area contributed by atoms with Crippen LogP contribution in [-0.4, -0.2) is 7.05 Å². The molecule has 0 bridgehead atoms. The third-order valence-electron chi connectivity index (χ3n) is 4.21. The van der Waals surface area contributed by atoms with Gasteiger partial charge in [0.25, 0.3) is 0 Å². The fraction of sp³-hybridized carbons (Fsp3) is 0.100. The highest BCUT2D eigenvalue weighted by atomic mass is 15.1. The first-order valence-corrected chi connectivity index (χ1v) is 7.59. The Morgan fingerprint density at radius 2 is 1.68 bits per heavy atom. The largest absolute Gasteiger partial charge is 0.356 e. The van der Waals surface area contributed by atoms with Crippen LogP contribution in [0.3, 0.4) is 0 Å². The quantitative estimate of drug-likeness (QED) is 0.852. The van der Waals surface area contributed by atoms with E-state index < -0.39 is 0 Å². The molecule has 0 spiro atoms. The number of hydrogen-bond acceptors (Lipinski definition) is 2. The lowest BCUT2D eigenvalue weighted by atomic mass is 9.93. The van der Waals surface area contributed by atoms with E-state index >= 15 is 0 Å². The summed E-state index contributed by atoms with van der Waals surface area (Å²) in [5.74, 6) is 0. The normalized spacial score (nSPS) is 16.0. The molecule has 2 heteroatoms. The third kappa shape index (κ3) is 2.23. The van der Waals surface area contributed by atoms with Crippen molar-refractivity contribution in [1.29, 1.82) is 0 Å². The summed E-state index contributed by atoms with van der Waals surface area (Å²) in [7, 11) is 2.14. The molecule has 22 heavy (non-hydrogen) atoms. The van der Waals surface area contributed by atoms with E-state index in [4.69, 9.17) is 0 Å². The van der Waals surface area contributed by atoms with Gasteiger partial charge in [0.15, 0.2) is 0 Å². The number of nitrogens with zero attached hydrogens (tertiary/aromatic N) is 1. The maximum atomic E-state index is 3.49. The summed E-state index contributed by atoms with van der Waals surface area (Å²) in [5.41, 5.74) is 7.49. The molecule has 0 saturated heterocycles. The molecular weight excluding hydrogens is 268 g/mol. The highest BCUT2D eigenvalue weighted by Gasteiger charge is 2.21. The molecule has 0 unspecified atom stereocenters. The zero-order valence-corrected chi connectivity index (χ0v) is 12.6. The number of para-hydroxylation sites is 2. The Labute approximate surface area is 131 Å². The maximum Gasteiger partial charge on any atom is 0.0481 e. The second kappa shape index (κ2) is 5.23. The van der Waals surface area contributed by atoms with Gasteiger partial charge in [0.05, 0.1) is 0 Å². The van der Waals surface area contributed by atoms with Gasteiger partial charge in [-0.15, -0.1) is 0 Å². The first-order valence-electron chi connectivity index (χ1n) is 7.59.